The van der Waals surface area contributed by atoms with Crippen LogP contribution in [0.1, 0.15) is 44.4 Å². The van der Waals surface area contributed by atoms with Crippen LogP contribution in [0.15, 0.2) is 60.7 Å². The minimum Gasteiger partial charge on any atom is -0.350 e. The molecule has 0 spiro atoms. The van der Waals surface area contributed by atoms with Gasteiger partial charge in [0.2, 0.25) is 10.0 Å². The largest absolute Gasteiger partial charge is 0.350 e. The number of carbonyl (C=O) groups excluding carboxylic acids is 2. The number of aromatic nitrogens is 2. The van der Waals surface area contributed by atoms with Crippen LogP contribution in [0.4, 0.5) is 5.69 Å². The van der Waals surface area contributed by atoms with Crippen molar-refractivity contribution in [1.29, 1.82) is 0 Å². The highest BCUT2D eigenvalue weighted by atomic mass is 32.1. The number of likely N-dealkylation sites (tertiary alicyclic amines) is 1. The molecular formula is C25H29N5O2S. The topological polar surface area (TPSA) is 87.2 Å². The molecule has 2 heterocycles. The summed E-state index contributed by atoms with van der Waals surface area (Å²) in [6.07, 6.45) is 4.49. The molecular weight excluding hydrogens is 434 g/mol. The van der Waals surface area contributed by atoms with E-state index in [-0.39, 0.29) is 21.8 Å². The first-order valence-corrected chi connectivity index (χ1v) is 12.2. The number of piperidine rings is 1. The molecule has 1 fully saturated rings. The lowest BCUT2D eigenvalue weighted by Gasteiger charge is -2.32. The van der Waals surface area contributed by atoms with Crippen molar-refractivity contribution in [3.63, 3.8) is 0 Å². The number of carbonyl (C=O) groups is 2. The van der Waals surface area contributed by atoms with Gasteiger partial charge in [-0.2, -0.15) is 0 Å². The summed E-state index contributed by atoms with van der Waals surface area (Å²) in [5.41, 5.74) is 2.10. The highest BCUT2D eigenvalue weighted by Crippen LogP contribution is 2.21. The first-order chi connectivity index (χ1) is 16.2. The number of para-hydroxylation sites is 1. The maximum Gasteiger partial charge on any atom is 0.286 e. The molecule has 0 saturated carbocycles. The Bertz CT molecular complexity index is 1030. The summed E-state index contributed by atoms with van der Waals surface area (Å²) < 4.78 is 0. The second kappa shape index (κ2) is 11.7. The average molecular weight is 464 g/mol. The number of nitrogens with zero attached hydrogens (tertiary/aromatic N) is 3. The number of amides is 2. The summed E-state index contributed by atoms with van der Waals surface area (Å²) in [5, 5.41) is 13.7. The molecule has 4 rings (SSSR count). The Labute approximate surface area is 198 Å². The lowest BCUT2D eigenvalue weighted by atomic mass is 9.90. The Balaban J connectivity index is 1.13. The second-order valence-electron chi connectivity index (χ2n) is 8.32. The molecule has 1 saturated heterocycles. The van der Waals surface area contributed by atoms with Gasteiger partial charge in [0.15, 0.2) is 0 Å². The molecule has 0 bridgehead atoms. The maximum absolute atomic E-state index is 12.4. The highest BCUT2D eigenvalue weighted by Gasteiger charge is 2.20. The van der Waals surface area contributed by atoms with Crippen LogP contribution in [0.25, 0.3) is 0 Å². The molecule has 0 aliphatic carbocycles. The monoisotopic (exact) mass is 463 g/mol. The Kier molecular flexibility index (Phi) is 8.16. The number of benzene rings is 2. The van der Waals surface area contributed by atoms with Gasteiger partial charge in [0.05, 0.1) is 0 Å². The van der Waals surface area contributed by atoms with Crippen LogP contribution in [0, 0.1) is 5.92 Å². The van der Waals surface area contributed by atoms with E-state index in [9.17, 15) is 9.59 Å². The van der Waals surface area contributed by atoms with Crippen LogP contribution in [0.2, 0.25) is 0 Å². The SMILES string of the molecule is O=C(NCCCN1CCC(Cc2ccccc2)CC1)c1nnc(C(=O)Nc2ccccc2)s1. The van der Waals surface area contributed by atoms with E-state index in [1.165, 1.54) is 18.4 Å². The minimum absolute atomic E-state index is 0.169. The lowest BCUT2D eigenvalue weighted by Crippen LogP contribution is -2.36. The molecule has 2 N–H and O–H groups in total. The number of hydrogen-bond donors (Lipinski definition) is 2. The molecule has 7 nitrogen and oxygen atoms in total. The van der Waals surface area contributed by atoms with E-state index in [4.69, 9.17) is 0 Å². The predicted molar refractivity (Wildman–Crippen MR) is 131 cm³/mol. The molecule has 2 aromatic carbocycles. The zero-order valence-corrected chi connectivity index (χ0v) is 19.4. The van der Waals surface area contributed by atoms with Gasteiger partial charge in [-0.1, -0.05) is 59.9 Å². The number of hydrogen-bond acceptors (Lipinski definition) is 6. The summed E-state index contributed by atoms with van der Waals surface area (Å²) in [5.74, 6) is 0.107. The van der Waals surface area contributed by atoms with Gasteiger partial charge in [0.25, 0.3) is 11.8 Å². The maximum atomic E-state index is 12.4. The molecule has 0 atom stereocenters. The molecule has 1 aromatic heterocycles. The van der Waals surface area contributed by atoms with Crippen molar-refractivity contribution in [3.05, 3.63) is 76.2 Å². The summed E-state index contributed by atoms with van der Waals surface area (Å²) in [4.78, 5) is 27.1. The van der Waals surface area contributed by atoms with Crippen molar-refractivity contribution >= 4 is 28.8 Å². The Morgan fingerprint density at radius 3 is 2.24 bits per heavy atom. The van der Waals surface area contributed by atoms with Crippen molar-refractivity contribution in [2.45, 2.75) is 25.7 Å². The number of nitrogens with one attached hydrogen (secondary N) is 2. The van der Waals surface area contributed by atoms with E-state index in [0.29, 0.717) is 12.2 Å². The first kappa shape index (κ1) is 23.1. The van der Waals surface area contributed by atoms with Gasteiger partial charge in [-0.05, 0) is 68.9 Å². The fourth-order valence-corrected chi connectivity index (χ4v) is 4.71. The zero-order chi connectivity index (χ0) is 22.9. The summed E-state index contributed by atoms with van der Waals surface area (Å²) >= 11 is 0.999. The third-order valence-corrected chi connectivity index (χ3v) is 6.78. The Morgan fingerprint density at radius 2 is 1.55 bits per heavy atom. The van der Waals surface area contributed by atoms with Crippen molar-refractivity contribution in [2.24, 2.45) is 5.92 Å². The third-order valence-electron chi connectivity index (χ3n) is 5.86. The quantitative estimate of drug-likeness (QED) is 0.471. The molecule has 8 heteroatoms. The summed E-state index contributed by atoms with van der Waals surface area (Å²) in [6, 6.07) is 19.8. The predicted octanol–water partition coefficient (Wildman–Crippen LogP) is 3.87. The molecule has 2 amide bonds. The van der Waals surface area contributed by atoms with Gasteiger partial charge in [-0.25, -0.2) is 0 Å². The molecule has 1 aliphatic rings. The lowest BCUT2D eigenvalue weighted by molar-refractivity contribution is 0.0948. The van der Waals surface area contributed by atoms with Crippen molar-refractivity contribution in [2.75, 3.05) is 31.5 Å². The van der Waals surface area contributed by atoms with E-state index in [1.807, 2.05) is 18.2 Å². The van der Waals surface area contributed by atoms with Gasteiger partial charge in [0, 0.05) is 12.2 Å². The van der Waals surface area contributed by atoms with E-state index in [0.717, 1.165) is 49.7 Å². The number of rotatable bonds is 9. The van der Waals surface area contributed by atoms with Crippen LogP contribution in [0.3, 0.4) is 0 Å². The van der Waals surface area contributed by atoms with Crippen LogP contribution in [0.5, 0.6) is 0 Å². The van der Waals surface area contributed by atoms with E-state index in [1.54, 1.807) is 12.1 Å². The molecule has 1 aliphatic heterocycles. The fraction of sp³-hybridized carbons (Fsp3) is 0.360. The van der Waals surface area contributed by atoms with Crippen LogP contribution < -0.4 is 10.6 Å². The Hall–Kier alpha value is -3.10. The van der Waals surface area contributed by atoms with Crippen LogP contribution in [-0.2, 0) is 6.42 Å². The highest BCUT2D eigenvalue weighted by molar-refractivity contribution is 7.15. The second-order valence-corrected chi connectivity index (χ2v) is 9.29. The van der Waals surface area contributed by atoms with E-state index < -0.39 is 0 Å². The van der Waals surface area contributed by atoms with Crippen molar-refractivity contribution in [1.82, 2.24) is 20.4 Å². The summed E-state index contributed by atoms with van der Waals surface area (Å²) in [7, 11) is 0. The van der Waals surface area contributed by atoms with Crippen LogP contribution in [-0.4, -0.2) is 53.1 Å². The van der Waals surface area contributed by atoms with E-state index >= 15 is 0 Å². The van der Waals surface area contributed by atoms with Crippen LogP contribution >= 0.6 is 11.3 Å². The number of anilines is 1. The fourth-order valence-electron chi connectivity index (χ4n) is 4.05. The molecule has 33 heavy (non-hydrogen) atoms. The zero-order valence-electron chi connectivity index (χ0n) is 18.6. The van der Waals surface area contributed by atoms with Gasteiger partial charge >= 0.3 is 0 Å². The Morgan fingerprint density at radius 1 is 0.909 bits per heavy atom. The van der Waals surface area contributed by atoms with Gasteiger partial charge < -0.3 is 15.5 Å². The first-order valence-electron chi connectivity index (χ1n) is 11.4. The average Bonchev–Trinajstić information content (AvgIpc) is 3.35. The standard InChI is InChI=1S/C25H29N5O2S/c31-22(24-28-29-25(33-24)23(32)27-21-10-5-2-6-11-21)26-14-7-15-30-16-12-20(13-17-30)18-19-8-3-1-4-9-19/h1-6,8-11,20H,7,12-18H2,(H,26,31)(H,27,32). The third kappa shape index (κ3) is 6.94. The molecule has 0 unspecified atom stereocenters. The summed E-state index contributed by atoms with van der Waals surface area (Å²) in [6.45, 7) is 3.77. The smallest absolute Gasteiger partial charge is 0.286 e. The molecule has 172 valence electrons. The van der Waals surface area contributed by atoms with Crippen molar-refractivity contribution in [3.8, 4) is 0 Å². The van der Waals surface area contributed by atoms with Crippen molar-refractivity contribution < 1.29 is 9.59 Å². The molecule has 0 radical (unpaired) electrons. The van der Waals surface area contributed by atoms with Gasteiger partial charge in [-0.15, -0.1) is 10.2 Å². The minimum atomic E-state index is -0.367. The van der Waals surface area contributed by atoms with Gasteiger partial charge in [0.1, 0.15) is 0 Å². The normalized spacial score (nSPS) is 14.7. The van der Waals surface area contributed by atoms with Gasteiger partial charge in [-0.3, -0.25) is 9.59 Å². The van der Waals surface area contributed by atoms with E-state index in [2.05, 4.69) is 56.1 Å². The molecule has 3 aromatic rings.